The highest BCUT2D eigenvalue weighted by molar-refractivity contribution is 14.0. The van der Waals surface area contributed by atoms with Crippen molar-refractivity contribution in [2.75, 3.05) is 6.54 Å². The zero-order valence-electron chi connectivity index (χ0n) is 10.6. The normalized spacial score (nSPS) is 12.1. The summed E-state index contributed by atoms with van der Waals surface area (Å²) >= 11 is 0. The summed E-state index contributed by atoms with van der Waals surface area (Å²) in [7, 11) is 0. The van der Waals surface area contributed by atoms with Crippen molar-refractivity contribution in [3.05, 3.63) is 11.7 Å². The van der Waals surface area contributed by atoms with Gasteiger partial charge in [-0.05, 0) is 27.7 Å². The molecule has 1 rings (SSSR count). The standard InChI is InChI=1S/C10H19N5O.HI/c1-7-13-8(16-15-7)5-6-12-9(11)14-10(2,3)4;/h5-6H2,1-4H3,(H3,11,12,14);1H. The van der Waals surface area contributed by atoms with E-state index >= 15 is 0 Å². The fourth-order valence-electron chi connectivity index (χ4n) is 1.14. The van der Waals surface area contributed by atoms with E-state index in [1.54, 1.807) is 6.92 Å². The topological polar surface area (TPSA) is 89.3 Å². The van der Waals surface area contributed by atoms with Gasteiger partial charge in [-0.2, -0.15) is 4.98 Å². The van der Waals surface area contributed by atoms with Crippen molar-refractivity contribution >= 4 is 29.9 Å². The Morgan fingerprint density at radius 3 is 2.59 bits per heavy atom. The van der Waals surface area contributed by atoms with Gasteiger partial charge in [-0.1, -0.05) is 5.16 Å². The maximum Gasteiger partial charge on any atom is 0.228 e. The summed E-state index contributed by atoms with van der Waals surface area (Å²) in [6.07, 6.45) is 0.605. The number of aryl methyl sites for hydroxylation is 1. The molecule has 17 heavy (non-hydrogen) atoms. The van der Waals surface area contributed by atoms with E-state index < -0.39 is 0 Å². The third kappa shape index (κ3) is 7.14. The molecule has 1 heterocycles. The van der Waals surface area contributed by atoms with Crippen LogP contribution < -0.4 is 11.1 Å². The lowest BCUT2D eigenvalue weighted by atomic mass is 10.1. The predicted octanol–water partition coefficient (Wildman–Crippen LogP) is 1.24. The molecule has 6 nitrogen and oxygen atoms in total. The first-order valence-corrected chi connectivity index (χ1v) is 5.24. The van der Waals surface area contributed by atoms with Crippen LogP contribution >= 0.6 is 24.0 Å². The fraction of sp³-hybridized carbons (Fsp3) is 0.700. The first-order chi connectivity index (χ1) is 7.37. The highest BCUT2D eigenvalue weighted by Crippen LogP contribution is 1.98. The Balaban J connectivity index is 0.00000256. The van der Waals surface area contributed by atoms with Crippen molar-refractivity contribution in [2.45, 2.75) is 39.7 Å². The third-order valence-corrected chi connectivity index (χ3v) is 1.68. The Labute approximate surface area is 118 Å². The number of hydrogen-bond acceptors (Lipinski definition) is 4. The van der Waals surface area contributed by atoms with Gasteiger partial charge >= 0.3 is 0 Å². The van der Waals surface area contributed by atoms with Crippen molar-refractivity contribution in [3.63, 3.8) is 0 Å². The molecule has 0 aliphatic heterocycles. The molecule has 0 bridgehead atoms. The van der Waals surface area contributed by atoms with E-state index in [2.05, 4.69) is 20.4 Å². The minimum atomic E-state index is -0.0747. The largest absolute Gasteiger partial charge is 0.370 e. The van der Waals surface area contributed by atoms with Crippen LogP contribution in [0.5, 0.6) is 0 Å². The number of nitrogens with zero attached hydrogens (tertiary/aromatic N) is 3. The SMILES string of the molecule is Cc1noc(CCN=C(N)NC(C)(C)C)n1.I. The van der Waals surface area contributed by atoms with Gasteiger partial charge in [0.1, 0.15) is 0 Å². The molecular weight excluding hydrogens is 333 g/mol. The Kier molecular flexibility index (Phi) is 6.43. The number of nitrogens with two attached hydrogens (primary N) is 1. The average Bonchev–Trinajstić information content (AvgIpc) is 2.48. The lowest BCUT2D eigenvalue weighted by Gasteiger charge is -2.20. The maximum absolute atomic E-state index is 5.70. The monoisotopic (exact) mass is 353 g/mol. The summed E-state index contributed by atoms with van der Waals surface area (Å²) in [6.45, 7) is 8.40. The molecule has 0 atom stereocenters. The van der Waals surface area contributed by atoms with Gasteiger partial charge in [0.15, 0.2) is 11.8 Å². The molecule has 0 spiro atoms. The molecule has 7 heteroatoms. The van der Waals surface area contributed by atoms with Gasteiger partial charge in [-0.3, -0.25) is 4.99 Å². The molecular formula is C10H20IN5O. The fourth-order valence-corrected chi connectivity index (χ4v) is 1.14. The van der Waals surface area contributed by atoms with Crippen LogP contribution in [-0.2, 0) is 6.42 Å². The van der Waals surface area contributed by atoms with Gasteiger partial charge in [0, 0.05) is 12.0 Å². The van der Waals surface area contributed by atoms with E-state index in [1.807, 2.05) is 20.8 Å². The zero-order chi connectivity index (χ0) is 12.2. The van der Waals surface area contributed by atoms with E-state index in [-0.39, 0.29) is 29.5 Å². The summed E-state index contributed by atoms with van der Waals surface area (Å²) in [4.78, 5) is 8.24. The first-order valence-electron chi connectivity index (χ1n) is 5.24. The van der Waals surface area contributed by atoms with Crippen molar-refractivity contribution in [3.8, 4) is 0 Å². The molecule has 0 aliphatic carbocycles. The highest BCUT2D eigenvalue weighted by Gasteiger charge is 2.09. The molecule has 0 aliphatic rings. The van der Waals surface area contributed by atoms with Gasteiger partial charge in [-0.25, -0.2) is 0 Å². The van der Waals surface area contributed by atoms with Gasteiger partial charge in [0.2, 0.25) is 5.89 Å². The Morgan fingerprint density at radius 2 is 2.12 bits per heavy atom. The number of hydrogen-bond donors (Lipinski definition) is 2. The highest BCUT2D eigenvalue weighted by atomic mass is 127. The van der Waals surface area contributed by atoms with Crippen LogP contribution in [0.2, 0.25) is 0 Å². The van der Waals surface area contributed by atoms with Crippen molar-refractivity contribution in [1.82, 2.24) is 15.5 Å². The van der Waals surface area contributed by atoms with Crippen LogP contribution in [0.1, 0.15) is 32.5 Å². The smallest absolute Gasteiger partial charge is 0.228 e. The van der Waals surface area contributed by atoms with Crippen molar-refractivity contribution in [2.24, 2.45) is 10.7 Å². The maximum atomic E-state index is 5.70. The van der Waals surface area contributed by atoms with Gasteiger partial charge in [0.05, 0.1) is 6.54 Å². The lowest BCUT2D eigenvalue weighted by Crippen LogP contribution is -2.45. The van der Waals surface area contributed by atoms with E-state index in [4.69, 9.17) is 10.3 Å². The Hall–Kier alpha value is -0.860. The third-order valence-electron chi connectivity index (χ3n) is 1.68. The number of aliphatic imine (C=N–C) groups is 1. The number of guanidine groups is 1. The summed E-state index contributed by atoms with van der Waals surface area (Å²) < 4.78 is 4.96. The van der Waals surface area contributed by atoms with Gasteiger partial charge in [-0.15, -0.1) is 24.0 Å². The molecule has 3 N–H and O–H groups in total. The van der Waals surface area contributed by atoms with E-state index in [1.165, 1.54) is 0 Å². The van der Waals surface area contributed by atoms with Crippen LogP contribution in [0.4, 0.5) is 0 Å². The minimum absolute atomic E-state index is 0. The molecule has 1 aromatic rings. The molecule has 0 fully saturated rings. The number of rotatable bonds is 3. The second kappa shape index (κ2) is 6.77. The molecule has 0 saturated heterocycles. The second-order valence-electron chi connectivity index (χ2n) is 4.63. The lowest BCUT2D eigenvalue weighted by molar-refractivity contribution is 0.376. The first kappa shape index (κ1) is 16.1. The van der Waals surface area contributed by atoms with Crippen LogP contribution in [0.25, 0.3) is 0 Å². The van der Waals surface area contributed by atoms with E-state index in [0.29, 0.717) is 30.6 Å². The molecule has 0 saturated carbocycles. The van der Waals surface area contributed by atoms with E-state index in [9.17, 15) is 0 Å². The van der Waals surface area contributed by atoms with Crippen molar-refractivity contribution in [1.29, 1.82) is 0 Å². The molecule has 0 amide bonds. The van der Waals surface area contributed by atoms with Crippen LogP contribution in [0.15, 0.2) is 9.52 Å². The predicted molar refractivity (Wildman–Crippen MR) is 77.5 cm³/mol. The summed E-state index contributed by atoms with van der Waals surface area (Å²) in [6, 6.07) is 0. The van der Waals surface area contributed by atoms with E-state index in [0.717, 1.165) is 0 Å². The summed E-state index contributed by atoms with van der Waals surface area (Å²) in [5.74, 6) is 1.66. The summed E-state index contributed by atoms with van der Waals surface area (Å²) in [5.41, 5.74) is 5.63. The van der Waals surface area contributed by atoms with Gasteiger partial charge in [0.25, 0.3) is 0 Å². The molecule has 0 radical (unpaired) electrons. The molecule has 1 aromatic heterocycles. The second-order valence-corrected chi connectivity index (χ2v) is 4.63. The average molecular weight is 353 g/mol. The number of aromatic nitrogens is 2. The Bertz CT molecular complexity index is 369. The molecule has 0 unspecified atom stereocenters. The summed E-state index contributed by atoms with van der Waals surface area (Å²) in [5, 5.41) is 6.76. The van der Waals surface area contributed by atoms with Crippen LogP contribution in [0.3, 0.4) is 0 Å². The molecule has 98 valence electrons. The quantitative estimate of drug-likeness (QED) is 0.485. The zero-order valence-corrected chi connectivity index (χ0v) is 13.0. The van der Waals surface area contributed by atoms with Gasteiger partial charge < -0.3 is 15.6 Å². The number of halogens is 1. The molecule has 0 aromatic carbocycles. The minimum Gasteiger partial charge on any atom is -0.370 e. The van der Waals surface area contributed by atoms with Crippen LogP contribution in [-0.4, -0.2) is 28.2 Å². The van der Waals surface area contributed by atoms with Crippen molar-refractivity contribution < 1.29 is 4.52 Å². The Morgan fingerprint density at radius 1 is 1.47 bits per heavy atom. The number of nitrogens with one attached hydrogen (secondary N) is 1. The van der Waals surface area contributed by atoms with Crippen LogP contribution in [0, 0.1) is 6.92 Å².